The zero-order chi connectivity index (χ0) is 18.6. The predicted octanol–water partition coefficient (Wildman–Crippen LogP) is 2.45. The summed E-state index contributed by atoms with van der Waals surface area (Å²) < 4.78 is 7.50. The Kier molecular flexibility index (Phi) is 5.36. The van der Waals surface area contributed by atoms with E-state index < -0.39 is 0 Å². The molecule has 4 rings (SSSR count). The summed E-state index contributed by atoms with van der Waals surface area (Å²) >= 11 is 0. The Morgan fingerprint density at radius 3 is 2.81 bits per heavy atom. The van der Waals surface area contributed by atoms with Crippen LogP contribution in [-0.4, -0.2) is 47.6 Å². The van der Waals surface area contributed by atoms with Crippen LogP contribution in [0, 0.1) is 6.92 Å². The molecule has 0 spiro atoms. The van der Waals surface area contributed by atoms with Crippen LogP contribution in [0.3, 0.4) is 0 Å². The molecule has 1 fully saturated rings. The van der Waals surface area contributed by atoms with Gasteiger partial charge in [-0.3, -0.25) is 9.67 Å². The molecule has 1 aliphatic heterocycles. The number of para-hydroxylation sites is 1. The van der Waals surface area contributed by atoms with Crippen molar-refractivity contribution in [1.29, 1.82) is 0 Å². The number of anilines is 1. The number of hydrogen-bond acceptors (Lipinski definition) is 5. The fraction of sp³-hybridized carbons (Fsp3) is 0.429. The van der Waals surface area contributed by atoms with E-state index in [2.05, 4.69) is 51.5 Å². The summed E-state index contributed by atoms with van der Waals surface area (Å²) in [5, 5.41) is 9.46. The summed E-state index contributed by atoms with van der Waals surface area (Å²) in [6, 6.07) is 10.5. The van der Waals surface area contributed by atoms with Crippen molar-refractivity contribution in [2.75, 3.05) is 37.7 Å². The maximum absolute atomic E-state index is 5.50. The first kappa shape index (κ1) is 17.9. The Hall–Kier alpha value is -2.44. The van der Waals surface area contributed by atoms with E-state index in [0.717, 1.165) is 57.0 Å². The van der Waals surface area contributed by atoms with Gasteiger partial charge in [0.05, 0.1) is 24.4 Å². The SMILES string of the molecule is Cc1nn(C)c(N2CCOCC2)c1CNCCc1cccc2cccnc12. The van der Waals surface area contributed by atoms with Crippen molar-refractivity contribution >= 4 is 16.7 Å². The Balaban J connectivity index is 1.42. The van der Waals surface area contributed by atoms with Crippen LogP contribution >= 0.6 is 0 Å². The summed E-state index contributed by atoms with van der Waals surface area (Å²) in [4.78, 5) is 6.94. The lowest BCUT2D eigenvalue weighted by atomic mass is 10.1. The largest absolute Gasteiger partial charge is 0.378 e. The lowest BCUT2D eigenvalue weighted by Crippen LogP contribution is -2.38. The van der Waals surface area contributed by atoms with Gasteiger partial charge in [-0.05, 0) is 31.5 Å². The minimum Gasteiger partial charge on any atom is -0.378 e. The second-order valence-electron chi connectivity index (χ2n) is 7.03. The third-order valence-electron chi connectivity index (χ3n) is 5.21. The number of nitrogens with one attached hydrogen (secondary N) is 1. The lowest BCUT2D eigenvalue weighted by molar-refractivity contribution is 0.122. The smallest absolute Gasteiger partial charge is 0.131 e. The minimum absolute atomic E-state index is 0.783. The number of benzene rings is 1. The molecule has 0 unspecified atom stereocenters. The topological polar surface area (TPSA) is 55.2 Å². The van der Waals surface area contributed by atoms with Crippen molar-refractivity contribution in [2.24, 2.45) is 7.05 Å². The number of pyridine rings is 1. The van der Waals surface area contributed by atoms with Gasteiger partial charge < -0.3 is 15.0 Å². The van der Waals surface area contributed by atoms with Crippen LogP contribution in [-0.2, 0) is 24.8 Å². The highest BCUT2D eigenvalue weighted by atomic mass is 16.5. The molecule has 6 heteroatoms. The van der Waals surface area contributed by atoms with Gasteiger partial charge in [-0.15, -0.1) is 0 Å². The maximum atomic E-state index is 5.50. The van der Waals surface area contributed by atoms with Crippen LogP contribution in [0.15, 0.2) is 36.5 Å². The molecule has 0 radical (unpaired) electrons. The Bertz CT molecular complexity index is 909. The molecule has 1 saturated heterocycles. The fourth-order valence-electron chi connectivity index (χ4n) is 3.87. The van der Waals surface area contributed by atoms with Crippen LogP contribution < -0.4 is 10.2 Å². The first-order valence-electron chi connectivity index (χ1n) is 9.62. The van der Waals surface area contributed by atoms with Gasteiger partial charge in [-0.2, -0.15) is 5.10 Å². The molecule has 6 nitrogen and oxygen atoms in total. The van der Waals surface area contributed by atoms with Gasteiger partial charge in [0, 0.05) is 43.8 Å². The highest BCUT2D eigenvalue weighted by molar-refractivity contribution is 5.81. The Morgan fingerprint density at radius 2 is 1.96 bits per heavy atom. The molecule has 27 heavy (non-hydrogen) atoms. The van der Waals surface area contributed by atoms with Gasteiger partial charge in [0.2, 0.25) is 0 Å². The van der Waals surface area contributed by atoms with Gasteiger partial charge in [-0.1, -0.05) is 24.3 Å². The standard InChI is InChI=1S/C21H27N5O/c1-16-19(21(25(2)24-16)26-11-13-27-14-12-26)15-22-10-8-18-6-3-5-17-7-4-9-23-20(17)18/h3-7,9,22H,8,10-15H2,1-2H3. The first-order chi connectivity index (χ1) is 13.2. The van der Waals surface area contributed by atoms with Crippen molar-refractivity contribution in [3.05, 3.63) is 53.3 Å². The number of aromatic nitrogens is 3. The zero-order valence-corrected chi connectivity index (χ0v) is 16.1. The third-order valence-corrected chi connectivity index (χ3v) is 5.21. The van der Waals surface area contributed by atoms with E-state index >= 15 is 0 Å². The van der Waals surface area contributed by atoms with E-state index in [1.807, 2.05) is 24.0 Å². The minimum atomic E-state index is 0.783. The number of rotatable bonds is 6. The van der Waals surface area contributed by atoms with E-state index in [-0.39, 0.29) is 0 Å². The highest BCUT2D eigenvalue weighted by Gasteiger charge is 2.21. The number of morpholine rings is 1. The van der Waals surface area contributed by atoms with Crippen LogP contribution in [0.5, 0.6) is 0 Å². The molecule has 3 aromatic rings. The van der Waals surface area contributed by atoms with Crippen molar-refractivity contribution in [3.8, 4) is 0 Å². The molecular formula is C21H27N5O. The van der Waals surface area contributed by atoms with Crippen LogP contribution in [0.2, 0.25) is 0 Å². The molecule has 0 saturated carbocycles. The molecule has 142 valence electrons. The number of aryl methyl sites for hydroxylation is 2. The van der Waals surface area contributed by atoms with E-state index in [1.165, 1.54) is 22.3 Å². The molecule has 0 aliphatic carbocycles. The third kappa shape index (κ3) is 3.82. The highest BCUT2D eigenvalue weighted by Crippen LogP contribution is 2.24. The summed E-state index contributed by atoms with van der Waals surface area (Å²) in [6.07, 6.45) is 2.83. The molecule has 1 aliphatic rings. The molecule has 1 N–H and O–H groups in total. The quantitative estimate of drug-likeness (QED) is 0.680. The molecule has 3 heterocycles. The Morgan fingerprint density at radius 1 is 1.15 bits per heavy atom. The van der Waals surface area contributed by atoms with E-state index in [0.29, 0.717) is 0 Å². The number of hydrogen-bond donors (Lipinski definition) is 1. The monoisotopic (exact) mass is 365 g/mol. The van der Waals surface area contributed by atoms with Crippen molar-refractivity contribution < 1.29 is 4.74 Å². The van der Waals surface area contributed by atoms with Crippen LogP contribution in [0.25, 0.3) is 10.9 Å². The van der Waals surface area contributed by atoms with Crippen LogP contribution in [0.4, 0.5) is 5.82 Å². The lowest BCUT2D eigenvalue weighted by Gasteiger charge is -2.29. The van der Waals surface area contributed by atoms with Gasteiger partial charge >= 0.3 is 0 Å². The zero-order valence-electron chi connectivity index (χ0n) is 16.1. The van der Waals surface area contributed by atoms with Gasteiger partial charge in [0.1, 0.15) is 5.82 Å². The van der Waals surface area contributed by atoms with Crippen LogP contribution in [0.1, 0.15) is 16.8 Å². The average Bonchev–Trinajstić information content (AvgIpc) is 2.99. The second kappa shape index (κ2) is 8.06. The summed E-state index contributed by atoms with van der Waals surface area (Å²) in [5.74, 6) is 1.22. The van der Waals surface area contributed by atoms with Crippen molar-refractivity contribution in [2.45, 2.75) is 19.9 Å². The first-order valence-corrected chi connectivity index (χ1v) is 9.62. The maximum Gasteiger partial charge on any atom is 0.131 e. The van der Waals surface area contributed by atoms with Gasteiger partial charge in [0.25, 0.3) is 0 Å². The molecular weight excluding hydrogens is 338 g/mol. The van der Waals surface area contributed by atoms with E-state index in [1.54, 1.807) is 0 Å². The Labute approximate surface area is 160 Å². The molecule has 0 bridgehead atoms. The van der Waals surface area contributed by atoms with E-state index in [4.69, 9.17) is 4.74 Å². The predicted molar refractivity (Wildman–Crippen MR) is 108 cm³/mol. The van der Waals surface area contributed by atoms with Gasteiger partial charge in [0.15, 0.2) is 0 Å². The normalized spacial score (nSPS) is 14.8. The summed E-state index contributed by atoms with van der Waals surface area (Å²) in [7, 11) is 2.03. The molecule has 2 aromatic heterocycles. The number of nitrogens with zero attached hydrogens (tertiary/aromatic N) is 4. The fourth-order valence-corrected chi connectivity index (χ4v) is 3.87. The molecule has 1 aromatic carbocycles. The summed E-state index contributed by atoms with van der Waals surface area (Å²) in [6.45, 7) is 7.24. The van der Waals surface area contributed by atoms with Gasteiger partial charge in [-0.25, -0.2) is 0 Å². The number of fused-ring (bicyclic) bond motifs is 1. The molecule has 0 amide bonds. The summed E-state index contributed by atoms with van der Waals surface area (Å²) in [5.41, 5.74) is 4.78. The van der Waals surface area contributed by atoms with Crippen molar-refractivity contribution in [3.63, 3.8) is 0 Å². The second-order valence-corrected chi connectivity index (χ2v) is 7.03. The average molecular weight is 365 g/mol. The number of ether oxygens (including phenoxy) is 1. The van der Waals surface area contributed by atoms with E-state index in [9.17, 15) is 0 Å². The molecule has 0 atom stereocenters. The van der Waals surface area contributed by atoms with Crippen molar-refractivity contribution in [1.82, 2.24) is 20.1 Å².